The monoisotopic (exact) mass is 294 g/mol. The predicted octanol–water partition coefficient (Wildman–Crippen LogP) is 1.93. The van der Waals surface area contributed by atoms with Crippen molar-refractivity contribution >= 4 is 11.9 Å². The summed E-state index contributed by atoms with van der Waals surface area (Å²) in [5.41, 5.74) is 1.15. The smallest absolute Gasteiger partial charge is 0.323 e. The number of amides is 1. The number of hydrogen-bond acceptors (Lipinski definition) is 4. The maximum atomic E-state index is 12.5. The van der Waals surface area contributed by atoms with Gasteiger partial charge in [-0.15, -0.1) is 0 Å². The van der Waals surface area contributed by atoms with Crippen molar-refractivity contribution in [2.45, 2.75) is 52.0 Å². The zero-order valence-corrected chi connectivity index (χ0v) is 13.1. The summed E-state index contributed by atoms with van der Waals surface area (Å²) >= 11 is 0. The molecule has 0 aromatic heterocycles. The predicted molar refractivity (Wildman–Crippen MR) is 80.5 cm³/mol. The Morgan fingerprint density at radius 3 is 2.81 bits per heavy atom. The molecular weight excluding hydrogens is 268 g/mol. The Balaban J connectivity index is 1.95. The molecule has 1 saturated heterocycles. The number of esters is 1. The summed E-state index contributed by atoms with van der Waals surface area (Å²) < 4.78 is 5.11. The quantitative estimate of drug-likeness (QED) is 0.702. The second-order valence-corrected chi connectivity index (χ2v) is 5.61. The molecular formula is C16H26N2O3. The maximum absolute atomic E-state index is 12.5. The number of likely N-dealkylation sites (N-methyl/N-ethyl adjacent to an activating group) is 1. The molecule has 1 unspecified atom stereocenters. The fourth-order valence-electron chi connectivity index (χ4n) is 3.22. The van der Waals surface area contributed by atoms with E-state index in [2.05, 4.69) is 6.08 Å². The number of likely N-dealkylation sites (tertiary alicyclic amines) is 1. The van der Waals surface area contributed by atoms with E-state index in [1.807, 2.05) is 23.6 Å². The minimum atomic E-state index is -0.245. The largest absolute Gasteiger partial charge is 0.465 e. The number of allylic oxidation sites excluding steroid dienone is 2. The fourth-order valence-corrected chi connectivity index (χ4v) is 3.22. The zero-order valence-electron chi connectivity index (χ0n) is 13.1. The topological polar surface area (TPSA) is 49.9 Å². The van der Waals surface area contributed by atoms with Gasteiger partial charge in [0, 0.05) is 12.2 Å². The maximum Gasteiger partial charge on any atom is 0.323 e. The summed E-state index contributed by atoms with van der Waals surface area (Å²) in [4.78, 5) is 28.3. The number of carbonyl (C=O) groups excluding carboxylic acids is 2. The second kappa shape index (κ2) is 7.59. The first-order valence-corrected chi connectivity index (χ1v) is 8.07. The molecule has 118 valence electrons. The van der Waals surface area contributed by atoms with Gasteiger partial charge >= 0.3 is 5.97 Å². The average molecular weight is 294 g/mol. The lowest BCUT2D eigenvalue weighted by atomic mass is 10.2. The number of ether oxygens (including phenoxy) is 1. The lowest BCUT2D eigenvalue weighted by Gasteiger charge is -2.27. The number of hydrogen-bond donors (Lipinski definition) is 0. The van der Waals surface area contributed by atoms with Crippen molar-refractivity contribution in [2.24, 2.45) is 0 Å². The highest BCUT2D eigenvalue weighted by Gasteiger charge is 2.34. The highest BCUT2D eigenvalue weighted by molar-refractivity contribution is 5.82. The summed E-state index contributed by atoms with van der Waals surface area (Å²) in [7, 11) is 0. The highest BCUT2D eigenvalue weighted by atomic mass is 16.5. The molecule has 5 nitrogen and oxygen atoms in total. The van der Waals surface area contributed by atoms with Gasteiger partial charge in [-0.2, -0.15) is 0 Å². The molecule has 2 aliphatic rings. The van der Waals surface area contributed by atoms with Crippen molar-refractivity contribution in [1.29, 1.82) is 0 Å². The van der Waals surface area contributed by atoms with Crippen molar-refractivity contribution in [3.63, 3.8) is 0 Å². The van der Waals surface area contributed by atoms with Crippen LogP contribution in [0.15, 0.2) is 11.8 Å². The molecule has 1 fully saturated rings. The molecule has 1 heterocycles. The lowest BCUT2D eigenvalue weighted by molar-refractivity contribution is -0.149. The van der Waals surface area contributed by atoms with Crippen LogP contribution in [-0.2, 0) is 14.3 Å². The first-order chi connectivity index (χ1) is 10.2. The Hall–Kier alpha value is -1.36. The van der Waals surface area contributed by atoms with Crippen LogP contribution in [0.3, 0.4) is 0 Å². The van der Waals surface area contributed by atoms with Gasteiger partial charge in [0.05, 0.1) is 13.2 Å². The molecule has 0 bridgehead atoms. The molecule has 5 heteroatoms. The number of carbonyl (C=O) groups is 2. The molecule has 1 aliphatic carbocycles. The van der Waals surface area contributed by atoms with Gasteiger partial charge in [0.25, 0.3) is 0 Å². The van der Waals surface area contributed by atoms with Gasteiger partial charge in [-0.3, -0.25) is 14.5 Å². The van der Waals surface area contributed by atoms with Gasteiger partial charge < -0.3 is 9.64 Å². The molecule has 1 aliphatic heterocycles. The average Bonchev–Trinajstić information content (AvgIpc) is 3.11. The summed E-state index contributed by atoms with van der Waals surface area (Å²) in [5.74, 6) is -0.0900. The molecule has 0 aromatic carbocycles. The normalized spacial score (nSPS) is 22.2. The molecule has 0 aromatic rings. The van der Waals surface area contributed by atoms with E-state index in [0.29, 0.717) is 19.7 Å². The van der Waals surface area contributed by atoms with E-state index in [1.54, 1.807) is 0 Å². The van der Waals surface area contributed by atoms with Crippen molar-refractivity contribution in [3.05, 3.63) is 11.8 Å². The van der Waals surface area contributed by atoms with Gasteiger partial charge in [0.2, 0.25) is 5.91 Å². The van der Waals surface area contributed by atoms with Crippen molar-refractivity contribution in [3.8, 4) is 0 Å². The van der Waals surface area contributed by atoms with Crippen LogP contribution >= 0.6 is 0 Å². The summed E-state index contributed by atoms with van der Waals surface area (Å²) in [6.45, 7) is 6.02. The van der Waals surface area contributed by atoms with E-state index < -0.39 is 0 Å². The molecule has 2 rings (SSSR count). The van der Waals surface area contributed by atoms with E-state index in [1.165, 1.54) is 0 Å². The fraction of sp³-hybridized carbons (Fsp3) is 0.750. The van der Waals surface area contributed by atoms with Gasteiger partial charge in [0.1, 0.15) is 6.04 Å². The Morgan fingerprint density at radius 1 is 1.38 bits per heavy atom. The Labute approximate surface area is 126 Å². The first kappa shape index (κ1) is 16.0. The highest BCUT2D eigenvalue weighted by Crippen LogP contribution is 2.23. The Kier molecular flexibility index (Phi) is 5.79. The lowest BCUT2D eigenvalue weighted by Crippen LogP contribution is -2.44. The molecule has 0 spiro atoms. The van der Waals surface area contributed by atoms with Gasteiger partial charge in [-0.05, 0) is 52.5 Å². The van der Waals surface area contributed by atoms with Crippen LogP contribution in [0.2, 0.25) is 0 Å². The first-order valence-electron chi connectivity index (χ1n) is 8.07. The third-order valence-corrected chi connectivity index (χ3v) is 4.24. The van der Waals surface area contributed by atoms with Gasteiger partial charge in [-0.25, -0.2) is 0 Å². The standard InChI is InChI=1S/C16H26N2O3/c1-3-18(13-8-5-6-9-13)15(19)12-17-11-7-10-14(17)16(20)21-4-2/h8,14H,3-7,9-12H2,1-2H3. The number of nitrogens with zero attached hydrogens (tertiary/aromatic N) is 2. The van der Waals surface area contributed by atoms with Crippen LogP contribution < -0.4 is 0 Å². The van der Waals surface area contributed by atoms with Crippen LogP contribution in [0.5, 0.6) is 0 Å². The summed E-state index contributed by atoms with van der Waals surface area (Å²) in [6, 6.07) is -0.245. The van der Waals surface area contributed by atoms with E-state index >= 15 is 0 Å². The minimum absolute atomic E-state index is 0.0989. The van der Waals surface area contributed by atoms with E-state index in [0.717, 1.165) is 44.3 Å². The van der Waals surface area contributed by atoms with Gasteiger partial charge in [-0.1, -0.05) is 6.08 Å². The zero-order chi connectivity index (χ0) is 15.2. The van der Waals surface area contributed by atoms with E-state index in [9.17, 15) is 9.59 Å². The molecule has 0 N–H and O–H groups in total. The van der Waals surface area contributed by atoms with E-state index in [-0.39, 0.29) is 17.9 Å². The Morgan fingerprint density at radius 2 is 2.19 bits per heavy atom. The van der Waals surface area contributed by atoms with Crippen LogP contribution in [0.25, 0.3) is 0 Å². The second-order valence-electron chi connectivity index (χ2n) is 5.61. The summed E-state index contributed by atoms with van der Waals surface area (Å²) in [5, 5.41) is 0. The minimum Gasteiger partial charge on any atom is -0.465 e. The third-order valence-electron chi connectivity index (χ3n) is 4.24. The van der Waals surface area contributed by atoms with Crippen LogP contribution in [0, 0.1) is 0 Å². The molecule has 1 amide bonds. The van der Waals surface area contributed by atoms with Crippen molar-refractivity contribution in [2.75, 3.05) is 26.2 Å². The SMILES string of the molecule is CCOC(=O)C1CCCN1CC(=O)N(CC)C1=CCCC1. The molecule has 0 radical (unpaired) electrons. The third kappa shape index (κ3) is 3.84. The molecule has 21 heavy (non-hydrogen) atoms. The van der Waals surface area contributed by atoms with Crippen molar-refractivity contribution in [1.82, 2.24) is 9.80 Å². The summed E-state index contributed by atoms with van der Waals surface area (Å²) in [6.07, 6.45) is 7.09. The Bertz CT molecular complexity index is 420. The van der Waals surface area contributed by atoms with Crippen LogP contribution in [-0.4, -0.2) is 54.0 Å². The number of rotatable bonds is 6. The van der Waals surface area contributed by atoms with Crippen molar-refractivity contribution < 1.29 is 14.3 Å². The van der Waals surface area contributed by atoms with Crippen LogP contribution in [0.1, 0.15) is 46.0 Å². The van der Waals surface area contributed by atoms with Gasteiger partial charge in [0.15, 0.2) is 0 Å². The molecule has 0 saturated carbocycles. The van der Waals surface area contributed by atoms with E-state index in [4.69, 9.17) is 4.74 Å². The van der Waals surface area contributed by atoms with Crippen LogP contribution in [0.4, 0.5) is 0 Å². The molecule has 1 atom stereocenters.